The largest absolute Gasteiger partial charge is 0.497 e. The zero-order valence-corrected chi connectivity index (χ0v) is 16.5. The first kappa shape index (κ1) is 20.9. The molecule has 0 radical (unpaired) electrons. The highest BCUT2D eigenvalue weighted by molar-refractivity contribution is 5.77. The van der Waals surface area contributed by atoms with Crippen molar-refractivity contribution in [3.05, 3.63) is 62.1 Å². The maximum atomic E-state index is 13.0. The summed E-state index contributed by atoms with van der Waals surface area (Å²) < 4.78 is 11.6. The van der Waals surface area contributed by atoms with Crippen LogP contribution in [0.4, 0.5) is 5.69 Å². The smallest absolute Gasteiger partial charge is 0.287 e. The average molecular weight is 412 g/mol. The summed E-state index contributed by atoms with van der Waals surface area (Å²) >= 11 is 0. The second kappa shape index (κ2) is 8.65. The summed E-state index contributed by atoms with van der Waals surface area (Å²) in [5, 5.41) is 20.2. The number of hydrogen-bond donors (Lipinski definition) is 0. The van der Waals surface area contributed by atoms with Crippen molar-refractivity contribution in [2.75, 3.05) is 20.8 Å². The molecular weight excluding hydrogens is 392 g/mol. The van der Waals surface area contributed by atoms with Gasteiger partial charge in [0.1, 0.15) is 29.7 Å². The van der Waals surface area contributed by atoms with E-state index < -0.39 is 22.7 Å². The minimum Gasteiger partial charge on any atom is -0.497 e. The number of methoxy groups -OCH3 is 2. The molecule has 1 saturated heterocycles. The molecule has 1 fully saturated rings. The van der Waals surface area contributed by atoms with Gasteiger partial charge in [-0.05, 0) is 31.0 Å². The molecule has 1 atom stereocenters. The van der Waals surface area contributed by atoms with Gasteiger partial charge < -0.3 is 14.4 Å². The molecular formula is C20H20N4O6. The van der Waals surface area contributed by atoms with Gasteiger partial charge in [-0.15, -0.1) is 0 Å². The van der Waals surface area contributed by atoms with E-state index in [0.29, 0.717) is 24.5 Å². The molecule has 1 aliphatic heterocycles. The van der Waals surface area contributed by atoms with Crippen molar-refractivity contribution >= 4 is 11.6 Å². The lowest BCUT2D eigenvalue weighted by Crippen LogP contribution is -2.36. The Labute approximate surface area is 172 Å². The maximum Gasteiger partial charge on any atom is 0.287 e. The Balaban J connectivity index is 1.93. The van der Waals surface area contributed by atoms with Crippen molar-refractivity contribution in [2.45, 2.75) is 25.4 Å². The van der Waals surface area contributed by atoms with Gasteiger partial charge in [0.15, 0.2) is 0 Å². The number of nitro groups is 1. The number of rotatable bonds is 6. The molecule has 1 aromatic carbocycles. The van der Waals surface area contributed by atoms with Crippen molar-refractivity contribution in [1.29, 1.82) is 5.26 Å². The van der Waals surface area contributed by atoms with E-state index in [-0.39, 0.29) is 17.5 Å². The number of carbonyl (C=O) groups is 1. The predicted octanol–water partition coefficient (Wildman–Crippen LogP) is 2.01. The summed E-state index contributed by atoms with van der Waals surface area (Å²) in [7, 11) is 3.09. The van der Waals surface area contributed by atoms with Crippen molar-refractivity contribution in [3.63, 3.8) is 0 Å². The van der Waals surface area contributed by atoms with E-state index in [0.717, 1.165) is 28.8 Å². The van der Waals surface area contributed by atoms with Gasteiger partial charge in [-0.25, -0.2) is 0 Å². The lowest BCUT2D eigenvalue weighted by molar-refractivity contribution is -0.385. The zero-order valence-electron chi connectivity index (χ0n) is 16.5. The van der Waals surface area contributed by atoms with Gasteiger partial charge in [-0.1, -0.05) is 0 Å². The first-order valence-corrected chi connectivity index (χ1v) is 9.20. The molecule has 1 aromatic heterocycles. The summed E-state index contributed by atoms with van der Waals surface area (Å²) in [4.78, 5) is 37.4. The van der Waals surface area contributed by atoms with Crippen molar-refractivity contribution in [2.24, 2.45) is 0 Å². The Morgan fingerprint density at radius 3 is 2.73 bits per heavy atom. The second-order valence-corrected chi connectivity index (χ2v) is 6.77. The lowest BCUT2D eigenvalue weighted by Gasteiger charge is -2.27. The molecule has 0 bridgehead atoms. The maximum absolute atomic E-state index is 13.0. The molecule has 0 saturated carbocycles. The van der Waals surface area contributed by atoms with Crippen LogP contribution in [0.15, 0.2) is 35.3 Å². The van der Waals surface area contributed by atoms with Gasteiger partial charge in [0, 0.05) is 18.2 Å². The molecule has 0 unspecified atom stereocenters. The van der Waals surface area contributed by atoms with Crippen LogP contribution in [-0.4, -0.2) is 41.1 Å². The van der Waals surface area contributed by atoms with Crippen molar-refractivity contribution in [3.8, 4) is 17.6 Å². The summed E-state index contributed by atoms with van der Waals surface area (Å²) in [6, 6.07) is 7.59. The van der Waals surface area contributed by atoms with E-state index >= 15 is 0 Å². The molecule has 3 rings (SSSR count). The van der Waals surface area contributed by atoms with Gasteiger partial charge in [-0.2, -0.15) is 5.26 Å². The molecule has 30 heavy (non-hydrogen) atoms. The molecule has 1 amide bonds. The first-order chi connectivity index (χ1) is 14.4. The number of ether oxygens (including phenoxy) is 2. The number of nitriles is 1. The first-order valence-electron chi connectivity index (χ1n) is 9.20. The Kier molecular flexibility index (Phi) is 6.01. The number of likely N-dealkylation sites (tertiary alicyclic amines) is 1. The SMILES string of the molecule is COc1ccc(OC)c([C@H]2CCCN2C(=O)Cn2cc([N+](=O)[O-])cc(C#N)c2=O)c1. The molecule has 0 spiro atoms. The molecule has 0 N–H and O–H groups in total. The molecule has 2 heterocycles. The number of aromatic nitrogens is 1. The number of amides is 1. The highest BCUT2D eigenvalue weighted by Crippen LogP contribution is 2.39. The number of benzene rings is 1. The van der Waals surface area contributed by atoms with Crippen LogP contribution >= 0.6 is 0 Å². The topological polar surface area (TPSA) is 128 Å². The van der Waals surface area contributed by atoms with Crippen LogP contribution in [0.1, 0.15) is 30.0 Å². The highest BCUT2D eigenvalue weighted by Gasteiger charge is 2.32. The van der Waals surface area contributed by atoms with E-state index in [2.05, 4.69) is 0 Å². The Morgan fingerprint density at radius 2 is 2.10 bits per heavy atom. The molecule has 156 valence electrons. The van der Waals surface area contributed by atoms with Crippen LogP contribution < -0.4 is 15.0 Å². The van der Waals surface area contributed by atoms with E-state index in [4.69, 9.17) is 14.7 Å². The van der Waals surface area contributed by atoms with Gasteiger partial charge in [-0.3, -0.25) is 24.3 Å². The monoisotopic (exact) mass is 412 g/mol. The molecule has 1 aliphatic rings. The number of carbonyl (C=O) groups excluding carboxylic acids is 1. The van der Waals surface area contributed by atoms with E-state index in [9.17, 15) is 19.7 Å². The Bertz CT molecular complexity index is 1090. The van der Waals surface area contributed by atoms with Crippen LogP contribution in [0.2, 0.25) is 0 Å². The standard InChI is InChI=1S/C20H20N4O6/c1-29-15-5-6-18(30-2)16(9-15)17-4-3-7-23(17)19(25)12-22-11-14(24(27)28)8-13(10-21)20(22)26/h5-6,8-9,11,17H,3-4,7,12H2,1-2H3/t17-/m1/s1. The normalized spacial score (nSPS) is 15.5. The highest BCUT2D eigenvalue weighted by atomic mass is 16.6. The predicted molar refractivity (Wildman–Crippen MR) is 105 cm³/mol. The van der Waals surface area contributed by atoms with Crippen LogP contribution in [0.5, 0.6) is 11.5 Å². The quantitative estimate of drug-likeness (QED) is 0.524. The van der Waals surface area contributed by atoms with E-state index in [1.165, 1.54) is 0 Å². The number of pyridine rings is 1. The van der Waals surface area contributed by atoms with Gasteiger partial charge in [0.05, 0.1) is 31.4 Å². The average Bonchev–Trinajstić information content (AvgIpc) is 3.24. The molecule has 0 aliphatic carbocycles. The number of hydrogen-bond acceptors (Lipinski definition) is 7. The van der Waals surface area contributed by atoms with Crippen molar-refractivity contribution < 1.29 is 19.2 Å². The fourth-order valence-corrected chi connectivity index (χ4v) is 3.64. The van der Waals surface area contributed by atoms with E-state index in [1.54, 1.807) is 37.3 Å². The summed E-state index contributed by atoms with van der Waals surface area (Å²) in [6.45, 7) is 0.0661. The molecule has 2 aromatic rings. The third-order valence-corrected chi connectivity index (χ3v) is 5.08. The van der Waals surface area contributed by atoms with E-state index in [1.807, 2.05) is 6.07 Å². The fourth-order valence-electron chi connectivity index (χ4n) is 3.64. The van der Waals surface area contributed by atoms with Gasteiger partial charge in [0.2, 0.25) is 5.91 Å². The summed E-state index contributed by atoms with van der Waals surface area (Å²) in [6.07, 6.45) is 2.44. The minimum atomic E-state index is -0.744. The number of nitrogens with zero attached hydrogens (tertiary/aromatic N) is 4. The van der Waals surface area contributed by atoms with Crippen LogP contribution in [0.25, 0.3) is 0 Å². The Hall–Kier alpha value is -3.87. The van der Waals surface area contributed by atoms with Gasteiger partial charge >= 0.3 is 0 Å². The third-order valence-electron chi connectivity index (χ3n) is 5.08. The molecule has 10 nitrogen and oxygen atoms in total. The summed E-state index contributed by atoms with van der Waals surface area (Å²) in [5.74, 6) is 0.854. The van der Waals surface area contributed by atoms with Crippen LogP contribution in [-0.2, 0) is 11.3 Å². The lowest BCUT2D eigenvalue weighted by atomic mass is 10.0. The fraction of sp³-hybridized carbons (Fsp3) is 0.350. The molecule has 10 heteroatoms. The second-order valence-electron chi connectivity index (χ2n) is 6.77. The van der Waals surface area contributed by atoms with Crippen molar-refractivity contribution in [1.82, 2.24) is 9.47 Å². The zero-order chi connectivity index (χ0) is 21.8. The van der Waals surface area contributed by atoms with Gasteiger partial charge in [0.25, 0.3) is 11.2 Å². The van der Waals surface area contributed by atoms with Crippen LogP contribution in [0.3, 0.4) is 0 Å². The third kappa shape index (κ3) is 3.96. The van der Waals surface area contributed by atoms with Crippen LogP contribution in [0, 0.1) is 21.4 Å². The summed E-state index contributed by atoms with van der Waals surface area (Å²) in [5.41, 5.74) is -0.770. The minimum absolute atomic E-state index is 0.285. The Morgan fingerprint density at radius 1 is 1.33 bits per heavy atom.